The number of nitrogens with zero attached hydrogens (tertiary/aromatic N) is 1. The number of carbonyl (C=O) groups is 3. The van der Waals surface area contributed by atoms with Gasteiger partial charge in [0.05, 0.1) is 0 Å². The number of carboxylic acids is 1. The first-order valence-corrected chi connectivity index (χ1v) is 5.26. The number of amides is 2. The molecule has 1 heterocycles. The van der Waals surface area contributed by atoms with Gasteiger partial charge >= 0.3 is 5.97 Å². The van der Waals surface area contributed by atoms with E-state index in [-0.39, 0.29) is 24.2 Å². The van der Waals surface area contributed by atoms with Crippen LogP contribution >= 0.6 is 0 Å². The van der Waals surface area contributed by atoms with Gasteiger partial charge in [0, 0.05) is 25.1 Å². The Labute approximate surface area is 93.7 Å². The quantitative estimate of drug-likeness (QED) is 0.678. The molecule has 0 saturated heterocycles. The van der Waals surface area contributed by atoms with Gasteiger partial charge in [-0.2, -0.15) is 0 Å². The van der Waals surface area contributed by atoms with E-state index in [0.717, 1.165) is 0 Å². The molecule has 1 atom stereocenters. The number of carboxylic acid groups (broad SMARTS) is 1. The van der Waals surface area contributed by atoms with Crippen molar-refractivity contribution in [3.63, 3.8) is 0 Å². The van der Waals surface area contributed by atoms with Crippen LogP contribution in [0.25, 0.3) is 0 Å². The molecule has 1 aliphatic rings. The molecule has 0 aromatic rings. The third kappa shape index (κ3) is 3.49. The summed E-state index contributed by atoms with van der Waals surface area (Å²) in [7, 11) is 0. The van der Waals surface area contributed by atoms with Crippen molar-refractivity contribution in [1.29, 1.82) is 0 Å². The minimum atomic E-state index is -0.818. The summed E-state index contributed by atoms with van der Waals surface area (Å²) >= 11 is 0. The molecule has 5 nitrogen and oxygen atoms in total. The molecule has 0 aromatic carbocycles. The molecule has 1 unspecified atom stereocenters. The van der Waals surface area contributed by atoms with Crippen LogP contribution in [0.5, 0.6) is 0 Å². The van der Waals surface area contributed by atoms with Crippen LogP contribution in [0.15, 0.2) is 12.2 Å². The maximum absolute atomic E-state index is 11.2. The molecule has 0 spiro atoms. The largest absolute Gasteiger partial charge is 0.481 e. The molecule has 0 radical (unpaired) electrons. The van der Waals surface area contributed by atoms with E-state index in [0.29, 0.717) is 19.4 Å². The van der Waals surface area contributed by atoms with Crippen LogP contribution < -0.4 is 0 Å². The molecule has 1 rings (SSSR count). The van der Waals surface area contributed by atoms with E-state index in [4.69, 9.17) is 5.11 Å². The molecule has 0 aromatic heterocycles. The van der Waals surface area contributed by atoms with Crippen molar-refractivity contribution in [2.45, 2.75) is 26.2 Å². The van der Waals surface area contributed by atoms with Gasteiger partial charge in [-0.3, -0.25) is 19.3 Å². The van der Waals surface area contributed by atoms with E-state index in [1.807, 2.05) is 6.92 Å². The van der Waals surface area contributed by atoms with Crippen molar-refractivity contribution in [3.8, 4) is 0 Å². The lowest BCUT2D eigenvalue weighted by molar-refractivity contribution is -0.139. The molecule has 0 saturated carbocycles. The summed E-state index contributed by atoms with van der Waals surface area (Å²) in [5.74, 6) is -1.19. The van der Waals surface area contributed by atoms with Gasteiger partial charge in [-0.1, -0.05) is 6.92 Å². The van der Waals surface area contributed by atoms with Crippen molar-refractivity contribution in [1.82, 2.24) is 4.90 Å². The Kier molecular flexibility index (Phi) is 4.22. The average molecular weight is 225 g/mol. The summed E-state index contributed by atoms with van der Waals surface area (Å²) in [5.41, 5.74) is 0. The van der Waals surface area contributed by atoms with Gasteiger partial charge in [0.1, 0.15) is 0 Å². The van der Waals surface area contributed by atoms with E-state index in [2.05, 4.69) is 0 Å². The molecule has 1 aliphatic heterocycles. The summed E-state index contributed by atoms with van der Waals surface area (Å²) in [5, 5.41) is 8.50. The zero-order valence-corrected chi connectivity index (χ0v) is 9.18. The highest BCUT2D eigenvalue weighted by Crippen LogP contribution is 2.13. The fourth-order valence-corrected chi connectivity index (χ4v) is 1.52. The van der Waals surface area contributed by atoms with Crippen LogP contribution in [0.3, 0.4) is 0 Å². The molecule has 5 heteroatoms. The molecule has 88 valence electrons. The van der Waals surface area contributed by atoms with Crippen LogP contribution in [0.4, 0.5) is 0 Å². The van der Waals surface area contributed by atoms with Crippen molar-refractivity contribution >= 4 is 17.8 Å². The standard InChI is InChI=1S/C11H15NO4/c1-8(2-5-11(15)16)6-7-12-9(13)3-4-10(12)14/h3-4,8H,2,5-7H2,1H3,(H,15,16). The fourth-order valence-electron chi connectivity index (χ4n) is 1.52. The van der Waals surface area contributed by atoms with Gasteiger partial charge in [0.2, 0.25) is 0 Å². The van der Waals surface area contributed by atoms with Gasteiger partial charge in [-0.25, -0.2) is 0 Å². The van der Waals surface area contributed by atoms with Crippen LogP contribution in [-0.2, 0) is 14.4 Å². The zero-order valence-electron chi connectivity index (χ0n) is 9.18. The predicted molar refractivity (Wildman–Crippen MR) is 56.5 cm³/mol. The zero-order chi connectivity index (χ0) is 12.1. The van der Waals surface area contributed by atoms with E-state index < -0.39 is 5.97 Å². The first-order valence-electron chi connectivity index (χ1n) is 5.26. The SMILES string of the molecule is CC(CCC(=O)O)CCN1C(=O)C=CC1=O. The average Bonchev–Trinajstić information content (AvgIpc) is 2.53. The lowest BCUT2D eigenvalue weighted by Gasteiger charge is -2.16. The molecular formula is C11H15NO4. The topological polar surface area (TPSA) is 74.7 Å². The lowest BCUT2D eigenvalue weighted by Crippen LogP contribution is -2.31. The minimum absolute atomic E-state index is 0.126. The molecule has 0 aliphatic carbocycles. The van der Waals surface area contributed by atoms with Crippen molar-refractivity contribution in [3.05, 3.63) is 12.2 Å². The highest BCUT2D eigenvalue weighted by Gasteiger charge is 2.23. The number of carbonyl (C=O) groups excluding carboxylic acids is 2. The third-order valence-electron chi connectivity index (χ3n) is 2.60. The van der Waals surface area contributed by atoms with E-state index in [1.165, 1.54) is 17.1 Å². The van der Waals surface area contributed by atoms with Gasteiger partial charge in [0.15, 0.2) is 0 Å². The highest BCUT2D eigenvalue weighted by atomic mass is 16.4. The monoisotopic (exact) mass is 225 g/mol. The van der Waals surface area contributed by atoms with Gasteiger partial charge < -0.3 is 5.11 Å². The second-order valence-corrected chi connectivity index (χ2v) is 3.99. The van der Waals surface area contributed by atoms with Gasteiger partial charge in [0.25, 0.3) is 11.8 Å². The number of aliphatic carboxylic acids is 1. The van der Waals surface area contributed by atoms with Crippen LogP contribution in [0.1, 0.15) is 26.2 Å². The van der Waals surface area contributed by atoms with Crippen LogP contribution in [0.2, 0.25) is 0 Å². The molecule has 0 bridgehead atoms. The summed E-state index contributed by atoms with van der Waals surface area (Å²) in [4.78, 5) is 33.9. The van der Waals surface area contributed by atoms with Gasteiger partial charge in [-0.05, 0) is 18.8 Å². The fraction of sp³-hybridized carbons (Fsp3) is 0.545. The van der Waals surface area contributed by atoms with E-state index in [1.54, 1.807) is 0 Å². The van der Waals surface area contributed by atoms with E-state index >= 15 is 0 Å². The Morgan fingerprint density at radius 2 is 1.88 bits per heavy atom. The lowest BCUT2D eigenvalue weighted by atomic mass is 10.0. The second kappa shape index (κ2) is 5.44. The van der Waals surface area contributed by atoms with Crippen molar-refractivity contribution in [2.75, 3.05) is 6.54 Å². The summed E-state index contributed by atoms with van der Waals surface area (Å²) in [6, 6.07) is 0. The molecule has 0 fully saturated rings. The number of hydrogen-bond acceptors (Lipinski definition) is 3. The third-order valence-corrected chi connectivity index (χ3v) is 2.60. The minimum Gasteiger partial charge on any atom is -0.481 e. The van der Waals surface area contributed by atoms with Crippen molar-refractivity contribution < 1.29 is 19.5 Å². The van der Waals surface area contributed by atoms with Crippen LogP contribution in [0, 0.1) is 5.92 Å². The first kappa shape index (κ1) is 12.4. The summed E-state index contributed by atoms with van der Waals surface area (Å²) < 4.78 is 0. The normalized spacial score (nSPS) is 16.9. The second-order valence-electron chi connectivity index (χ2n) is 3.99. The smallest absolute Gasteiger partial charge is 0.303 e. The predicted octanol–water partition coefficient (Wildman–Crippen LogP) is 0.802. The maximum atomic E-state index is 11.2. The Bertz CT molecular complexity index is 317. The molecule has 16 heavy (non-hydrogen) atoms. The van der Waals surface area contributed by atoms with Gasteiger partial charge in [-0.15, -0.1) is 0 Å². The Morgan fingerprint density at radius 3 is 2.38 bits per heavy atom. The maximum Gasteiger partial charge on any atom is 0.303 e. The summed E-state index contributed by atoms with van der Waals surface area (Å²) in [6.45, 7) is 2.28. The number of rotatable bonds is 6. The Balaban J connectivity index is 2.26. The highest BCUT2D eigenvalue weighted by molar-refractivity contribution is 6.12. The molecular weight excluding hydrogens is 210 g/mol. The summed E-state index contributed by atoms with van der Waals surface area (Å²) in [6.07, 6.45) is 3.85. The van der Waals surface area contributed by atoms with E-state index in [9.17, 15) is 14.4 Å². The molecule has 2 amide bonds. The van der Waals surface area contributed by atoms with Crippen LogP contribution in [-0.4, -0.2) is 34.3 Å². The Hall–Kier alpha value is -1.65. The molecule has 1 N–H and O–H groups in total. The Morgan fingerprint density at radius 1 is 1.31 bits per heavy atom. The number of imide groups is 1. The number of hydrogen-bond donors (Lipinski definition) is 1. The first-order chi connectivity index (χ1) is 7.50. The van der Waals surface area contributed by atoms with Crippen molar-refractivity contribution in [2.24, 2.45) is 5.92 Å².